The van der Waals surface area contributed by atoms with E-state index in [9.17, 15) is 4.79 Å². The molecular weight excluding hydrogens is 242 g/mol. The number of aliphatic hydroxyl groups is 1. The second-order valence-electron chi connectivity index (χ2n) is 4.32. The van der Waals surface area contributed by atoms with Crippen LogP contribution in [0.3, 0.4) is 0 Å². The van der Waals surface area contributed by atoms with Crippen molar-refractivity contribution in [1.82, 2.24) is 5.32 Å². The van der Waals surface area contributed by atoms with Crippen LogP contribution in [0.25, 0.3) is 0 Å². The average Bonchev–Trinajstić information content (AvgIpc) is 2.76. The maximum absolute atomic E-state index is 11.5. The number of carbonyl (C=O) groups is 1. The summed E-state index contributed by atoms with van der Waals surface area (Å²) < 4.78 is 1.15. The van der Waals surface area contributed by atoms with Crippen LogP contribution in [0.4, 0.5) is 0 Å². The quantitative estimate of drug-likeness (QED) is 0.768. The molecule has 0 fully saturated rings. The fourth-order valence-electron chi connectivity index (χ4n) is 0.927. The molecule has 1 aromatic rings. The number of carbonyl (C=O) groups excluding carboxylic acids is 1. The first kappa shape index (κ1) is 13.5. The van der Waals surface area contributed by atoms with Crippen molar-refractivity contribution in [3.8, 4) is 0 Å². The first-order valence-electron chi connectivity index (χ1n) is 5.07. The summed E-state index contributed by atoms with van der Waals surface area (Å²) in [6.45, 7) is 4.41. The molecule has 0 spiro atoms. The van der Waals surface area contributed by atoms with Crippen molar-refractivity contribution in [2.45, 2.75) is 18.1 Å². The van der Waals surface area contributed by atoms with Crippen LogP contribution in [0.15, 0.2) is 21.7 Å². The largest absolute Gasteiger partial charge is 0.396 e. The number of thioether (sulfide) groups is 1. The molecule has 0 aliphatic carbocycles. The molecule has 0 atom stereocenters. The predicted molar refractivity (Wildman–Crippen MR) is 68.9 cm³/mol. The first-order valence-corrected chi connectivity index (χ1v) is 6.94. The molecule has 1 aromatic heterocycles. The van der Waals surface area contributed by atoms with Crippen molar-refractivity contribution in [1.29, 1.82) is 0 Å². The highest BCUT2D eigenvalue weighted by atomic mass is 32.2. The van der Waals surface area contributed by atoms with Gasteiger partial charge in [-0.05, 0) is 11.4 Å². The van der Waals surface area contributed by atoms with Crippen LogP contribution in [0.1, 0.15) is 13.8 Å². The summed E-state index contributed by atoms with van der Waals surface area (Å²) in [7, 11) is 0. The zero-order valence-corrected chi connectivity index (χ0v) is 11.2. The second kappa shape index (κ2) is 6.27. The van der Waals surface area contributed by atoms with Crippen molar-refractivity contribution in [3.05, 3.63) is 17.5 Å². The Balaban J connectivity index is 2.21. The number of nitrogens with one attached hydrogen (secondary N) is 1. The lowest BCUT2D eigenvalue weighted by molar-refractivity contribution is -0.119. The van der Waals surface area contributed by atoms with Crippen molar-refractivity contribution in [2.75, 3.05) is 18.9 Å². The van der Waals surface area contributed by atoms with Gasteiger partial charge in [-0.25, -0.2) is 0 Å². The van der Waals surface area contributed by atoms with E-state index in [1.165, 1.54) is 11.8 Å². The minimum Gasteiger partial charge on any atom is -0.396 e. The van der Waals surface area contributed by atoms with Gasteiger partial charge in [0.25, 0.3) is 0 Å². The highest BCUT2D eigenvalue weighted by molar-refractivity contribution is 8.01. The maximum atomic E-state index is 11.5. The summed E-state index contributed by atoms with van der Waals surface area (Å²) in [6, 6.07) is 3.97. The van der Waals surface area contributed by atoms with E-state index in [2.05, 4.69) is 5.32 Å². The molecule has 1 heterocycles. The third-order valence-corrected chi connectivity index (χ3v) is 4.16. The second-order valence-corrected chi connectivity index (χ2v) is 6.54. The van der Waals surface area contributed by atoms with E-state index in [4.69, 9.17) is 5.11 Å². The molecule has 1 rings (SSSR count). The summed E-state index contributed by atoms with van der Waals surface area (Å²) in [5.41, 5.74) is -0.247. The van der Waals surface area contributed by atoms with Gasteiger partial charge in [0.2, 0.25) is 5.91 Å². The molecule has 0 aliphatic heterocycles. The van der Waals surface area contributed by atoms with Gasteiger partial charge in [0.1, 0.15) is 0 Å². The van der Waals surface area contributed by atoms with Crippen LogP contribution in [0.2, 0.25) is 0 Å². The highest BCUT2D eigenvalue weighted by Crippen LogP contribution is 2.22. The van der Waals surface area contributed by atoms with Crippen LogP contribution in [-0.4, -0.2) is 29.9 Å². The van der Waals surface area contributed by atoms with Gasteiger partial charge in [-0.3, -0.25) is 4.79 Å². The summed E-state index contributed by atoms with van der Waals surface area (Å²) in [5, 5.41) is 13.8. The molecule has 90 valence electrons. The Bertz CT molecular complexity index is 323. The lowest BCUT2D eigenvalue weighted by Crippen LogP contribution is -2.36. The Morgan fingerprint density at radius 2 is 2.38 bits per heavy atom. The third kappa shape index (κ3) is 5.01. The molecule has 0 aromatic carbocycles. The van der Waals surface area contributed by atoms with Gasteiger partial charge in [0, 0.05) is 18.6 Å². The normalized spacial score (nSPS) is 11.4. The Hall–Kier alpha value is -0.520. The Morgan fingerprint density at radius 3 is 2.94 bits per heavy atom. The minimum absolute atomic E-state index is 0.0138. The molecule has 5 heteroatoms. The van der Waals surface area contributed by atoms with Gasteiger partial charge < -0.3 is 10.4 Å². The number of hydrogen-bond donors (Lipinski definition) is 2. The molecular formula is C11H17NO2S2. The molecule has 1 amide bonds. The molecule has 3 nitrogen and oxygen atoms in total. The van der Waals surface area contributed by atoms with Crippen molar-refractivity contribution in [2.24, 2.45) is 5.41 Å². The Labute approximate surface area is 104 Å². The van der Waals surface area contributed by atoms with Gasteiger partial charge in [0.15, 0.2) is 0 Å². The van der Waals surface area contributed by atoms with Crippen LogP contribution >= 0.6 is 23.1 Å². The number of hydrogen-bond acceptors (Lipinski definition) is 4. The summed E-state index contributed by atoms with van der Waals surface area (Å²) in [6.07, 6.45) is 0. The molecule has 16 heavy (non-hydrogen) atoms. The number of amides is 1. The summed E-state index contributed by atoms with van der Waals surface area (Å²) in [4.78, 5) is 11.5. The van der Waals surface area contributed by atoms with E-state index in [-0.39, 0.29) is 17.9 Å². The van der Waals surface area contributed by atoms with Crippen LogP contribution < -0.4 is 5.32 Å². The van der Waals surface area contributed by atoms with E-state index in [1.54, 1.807) is 11.3 Å². The maximum Gasteiger partial charge on any atom is 0.230 e. The lowest BCUT2D eigenvalue weighted by Gasteiger charge is -2.21. The summed E-state index contributed by atoms with van der Waals surface area (Å²) in [5.74, 6) is 0.446. The fourth-order valence-corrected chi connectivity index (χ4v) is 2.54. The van der Waals surface area contributed by atoms with Crippen molar-refractivity contribution < 1.29 is 9.90 Å². The van der Waals surface area contributed by atoms with Crippen molar-refractivity contribution in [3.63, 3.8) is 0 Å². The number of rotatable bonds is 6. The average molecular weight is 259 g/mol. The predicted octanol–water partition coefficient (Wildman–Crippen LogP) is 1.97. The molecule has 0 saturated heterocycles. The van der Waals surface area contributed by atoms with E-state index in [0.717, 1.165) is 4.21 Å². The molecule has 0 radical (unpaired) electrons. The standard InChI is InChI=1S/C11H17NO2S2/c1-11(2,8-13)7-12-9(14)6-16-10-4-3-5-15-10/h3-5,13H,6-8H2,1-2H3,(H,12,14). The number of thiophene rings is 1. The molecule has 0 unspecified atom stereocenters. The van der Waals surface area contributed by atoms with E-state index < -0.39 is 0 Å². The van der Waals surface area contributed by atoms with Gasteiger partial charge in [0.05, 0.1) is 9.96 Å². The van der Waals surface area contributed by atoms with Gasteiger partial charge in [-0.15, -0.1) is 23.1 Å². The number of aliphatic hydroxyl groups excluding tert-OH is 1. The molecule has 0 aliphatic rings. The SMILES string of the molecule is CC(C)(CO)CNC(=O)CSc1cccs1. The topological polar surface area (TPSA) is 49.3 Å². The van der Waals surface area contributed by atoms with E-state index in [0.29, 0.717) is 12.3 Å². The van der Waals surface area contributed by atoms with Gasteiger partial charge in [-0.1, -0.05) is 19.9 Å². The lowest BCUT2D eigenvalue weighted by atomic mass is 9.95. The summed E-state index contributed by atoms with van der Waals surface area (Å²) >= 11 is 3.17. The third-order valence-electron chi connectivity index (χ3n) is 2.03. The zero-order valence-electron chi connectivity index (χ0n) is 9.53. The van der Waals surface area contributed by atoms with Crippen LogP contribution in [0.5, 0.6) is 0 Å². The smallest absolute Gasteiger partial charge is 0.230 e. The van der Waals surface area contributed by atoms with E-state index in [1.807, 2.05) is 31.4 Å². The minimum atomic E-state index is -0.247. The Morgan fingerprint density at radius 1 is 1.62 bits per heavy atom. The van der Waals surface area contributed by atoms with Crippen LogP contribution in [-0.2, 0) is 4.79 Å². The molecule has 0 saturated carbocycles. The van der Waals surface area contributed by atoms with Crippen LogP contribution in [0, 0.1) is 5.41 Å². The Kier molecular flexibility index (Phi) is 5.31. The molecule has 2 N–H and O–H groups in total. The van der Waals surface area contributed by atoms with E-state index >= 15 is 0 Å². The van der Waals surface area contributed by atoms with Gasteiger partial charge in [-0.2, -0.15) is 0 Å². The zero-order chi connectivity index (χ0) is 12.0. The van der Waals surface area contributed by atoms with Crippen molar-refractivity contribution >= 4 is 29.0 Å². The first-order chi connectivity index (χ1) is 7.53. The fraction of sp³-hybridized carbons (Fsp3) is 0.545. The highest BCUT2D eigenvalue weighted by Gasteiger charge is 2.17. The monoisotopic (exact) mass is 259 g/mol. The van der Waals surface area contributed by atoms with Gasteiger partial charge >= 0.3 is 0 Å². The molecule has 0 bridgehead atoms.